The van der Waals surface area contributed by atoms with Gasteiger partial charge >= 0.3 is 5.97 Å². The first-order chi connectivity index (χ1) is 17.9. The van der Waals surface area contributed by atoms with Crippen molar-refractivity contribution in [3.8, 4) is 34.5 Å². The SMILES string of the molecule is COC(=O)c1cc(-c2nc(OC)c(Oc3ccccc3OC)c(N(c3ncc(C)s3)S(=O)O)n2)ccn1. The van der Waals surface area contributed by atoms with Crippen molar-refractivity contribution in [1.82, 2.24) is 19.9 Å². The van der Waals surface area contributed by atoms with Crippen LogP contribution in [0.25, 0.3) is 11.4 Å². The van der Waals surface area contributed by atoms with E-state index < -0.39 is 17.2 Å². The predicted molar refractivity (Wildman–Crippen MR) is 136 cm³/mol. The molecule has 4 rings (SSSR count). The van der Waals surface area contributed by atoms with Crippen molar-refractivity contribution in [2.24, 2.45) is 0 Å². The monoisotopic (exact) mass is 543 g/mol. The van der Waals surface area contributed by atoms with Gasteiger partial charge in [-0.25, -0.2) is 24.0 Å². The van der Waals surface area contributed by atoms with Gasteiger partial charge in [-0.1, -0.05) is 12.1 Å². The number of methoxy groups -OCH3 is 3. The van der Waals surface area contributed by atoms with E-state index in [1.165, 1.54) is 44.9 Å². The molecule has 0 radical (unpaired) electrons. The molecular weight excluding hydrogens is 522 g/mol. The zero-order chi connectivity index (χ0) is 26.5. The van der Waals surface area contributed by atoms with Crippen LogP contribution in [0.4, 0.5) is 10.9 Å². The van der Waals surface area contributed by atoms with Crippen LogP contribution in [0.5, 0.6) is 23.1 Å². The molecule has 12 nitrogen and oxygen atoms in total. The molecule has 3 heterocycles. The van der Waals surface area contributed by atoms with E-state index in [1.807, 2.05) is 6.92 Å². The lowest BCUT2D eigenvalue weighted by Gasteiger charge is -2.21. The van der Waals surface area contributed by atoms with Crippen LogP contribution in [0, 0.1) is 6.92 Å². The van der Waals surface area contributed by atoms with Crippen LogP contribution in [0.15, 0.2) is 48.8 Å². The molecule has 0 saturated carbocycles. The second-order valence-electron chi connectivity index (χ2n) is 7.16. The Bertz CT molecular complexity index is 1460. The summed E-state index contributed by atoms with van der Waals surface area (Å²) in [4.78, 5) is 30.0. The van der Waals surface area contributed by atoms with Gasteiger partial charge < -0.3 is 18.9 Å². The Kier molecular flexibility index (Phi) is 7.91. The number of esters is 1. The fourth-order valence-electron chi connectivity index (χ4n) is 3.18. The topological polar surface area (TPSA) is 146 Å². The van der Waals surface area contributed by atoms with Crippen LogP contribution in [0.1, 0.15) is 15.4 Å². The number of aryl methyl sites for hydroxylation is 1. The van der Waals surface area contributed by atoms with Crippen LogP contribution in [0.2, 0.25) is 0 Å². The zero-order valence-electron chi connectivity index (χ0n) is 20.1. The molecule has 1 atom stereocenters. The van der Waals surface area contributed by atoms with Gasteiger partial charge in [-0.15, -0.1) is 11.3 Å². The molecule has 14 heteroatoms. The van der Waals surface area contributed by atoms with Crippen LogP contribution in [0.3, 0.4) is 0 Å². The van der Waals surface area contributed by atoms with Gasteiger partial charge in [0.25, 0.3) is 17.1 Å². The van der Waals surface area contributed by atoms with Crippen LogP contribution < -0.4 is 18.5 Å². The highest BCUT2D eigenvalue weighted by molar-refractivity contribution is 7.81. The smallest absolute Gasteiger partial charge is 0.356 e. The molecule has 1 aromatic carbocycles. The number of ether oxygens (including phenoxy) is 4. The summed E-state index contributed by atoms with van der Waals surface area (Å²) in [6, 6.07) is 9.83. The summed E-state index contributed by atoms with van der Waals surface area (Å²) in [7, 11) is 4.09. The maximum Gasteiger partial charge on any atom is 0.356 e. The van der Waals surface area contributed by atoms with Gasteiger partial charge in [0.15, 0.2) is 23.1 Å². The van der Waals surface area contributed by atoms with E-state index in [1.54, 1.807) is 36.5 Å². The molecular formula is C23H21N5O7S2. The molecule has 0 saturated heterocycles. The molecule has 0 bridgehead atoms. The number of benzene rings is 1. The standard InChI is InChI=1S/C23H21N5O7S2/c1-13-12-25-23(36-13)28(37(30)31)20-18(35-17-8-6-5-7-16(17)32-2)21(33-3)27-19(26-20)14-9-10-24-15(11-14)22(29)34-4/h5-12H,1-4H3,(H,30,31). The third-order valence-corrected chi connectivity index (χ3v) is 6.51. The average molecular weight is 544 g/mol. The first kappa shape index (κ1) is 25.9. The van der Waals surface area contributed by atoms with E-state index in [2.05, 4.69) is 19.9 Å². The predicted octanol–water partition coefficient (Wildman–Crippen LogP) is 4.17. The first-order valence-corrected chi connectivity index (χ1v) is 12.4. The number of pyridine rings is 1. The molecule has 37 heavy (non-hydrogen) atoms. The molecule has 0 aliphatic heterocycles. The minimum atomic E-state index is -2.62. The van der Waals surface area contributed by atoms with Gasteiger partial charge in [0, 0.05) is 22.8 Å². The summed E-state index contributed by atoms with van der Waals surface area (Å²) >= 11 is -1.44. The van der Waals surface area contributed by atoms with E-state index in [0.717, 1.165) is 9.18 Å². The number of thiazole rings is 1. The average Bonchev–Trinajstić information content (AvgIpc) is 3.34. The summed E-state index contributed by atoms with van der Waals surface area (Å²) in [5.74, 6) is -0.120. The number of para-hydroxylation sites is 2. The molecule has 1 N–H and O–H groups in total. The van der Waals surface area contributed by atoms with E-state index in [-0.39, 0.29) is 39.8 Å². The van der Waals surface area contributed by atoms with Gasteiger partial charge in [0.2, 0.25) is 10.9 Å². The summed E-state index contributed by atoms with van der Waals surface area (Å²) in [6.07, 6.45) is 2.95. The number of aromatic nitrogens is 4. The maximum absolute atomic E-state index is 12.6. The van der Waals surface area contributed by atoms with Crippen molar-refractivity contribution in [1.29, 1.82) is 0 Å². The van der Waals surface area contributed by atoms with Gasteiger partial charge in [-0.3, -0.25) is 4.55 Å². The molecule has 0 spiro atoms. The number of carbonyl (C=O) groups is 1. The Morgan fingerprint density at radius 3 is 2.43 bits per heavy atom. The largest absolute Gasteiger partial charge is 0.493 e. The highest BCUT2D eigenvalue weighted by atomic mass is 32.2. The van der Waals surface area contributed by atoms with Crippen LogP contribution in [-0.4, -0.2) is 56.0 Å². The normalized spacial score (nSPS) is 11.5. The Balaban J connectivity index is 1.97. The van der Waals surface area contributed by atoms with E-state index in [0.29, 0.717) is 11.3 Å². The number of anilines is 2. The van der Waals surface area contributed by atoms with Crippen molar-refractivity contribution in [2.75, 3.05) is 25.6 Å². The fourth-order valence-corrected chi connectivity index (χ4v) is 4.60. The Labute approximate surface area is 218 Å². The van der Waals surface area contributed by atoms with Crippen molar-refractivity contribution >= 4 is 39.5 Å². The minimum Gasteiger partial charge on any atom is -0.493 e. The third-order valence-electron chi connectivity index (χ3n) is 4.84. The zero-order valence-corrected chi connectivity index (χ0v) is 21.7. The summed E-state index contributed by atoms with van der Waals surface area (Å²) in [5.41, 5.74) is 0.398. The lowest BCUT2D eigenvalue weighted by atomic mass is 10.2. The first-order valence-electron chi connectivity index (χ1n) is 10.5. The number of nitrogens with zero attached hydrogens (tertiary/aromatic N) is 5. The number of hydrogen-bond acceptors (Lipinski definition) is 11. The second kappa shape index (κ2) is 11.3. The quantitative estimate of drug-likeness (QED) is 0.240. The summed E-state index contributed by atoms with van der Waals surface area (Å²) in [6.45, 7) is 1.81. The Morgan fingerprint density at radius 2 is 1.81 bits per heavy atom. The lowest BCUT2D eigenvalue weighted by Crippen LogP contribution is -2.22. The molecule has 0 aliphatic carbocycles. The highest BCUT2D eigenvalue weighted by Crippen LogP contribution is 2.45. The van der Waals surface area contributed by atoms with E-state index in [9.17, 15) is 13.6 Å². The molecule has 4 aromatic rings. The molecule has 1 unspecified atom stereocenters. The Hall–Kier alpha value is -4.14. The van der Waals surface area contributed by atoms with Gasteiger partial charge in [-0.05, 0) is 31.2 Å². The summed E-state index contributed by atoms with van der Waals surface area (Å²) in [5, 5.41) is 0.180. The number of carbonyl (C=O) groups excluding carboxylic acids is 1. The molecule has 0 amide bonds. The number of rotatable bonds is 9. The fraction of sp³-hybridized carbons (Fsp3) is 0.174. The highest BCUT2D eigenvalue weighted by Gasteiger charge is 2.30. The van der Waals surface area contributed by atoms with Gasteiger partial charge in [0.1, 0.15) is 5.69 Å². The number of hydrogen-bond donors (Lipinski definition) is 1. The van der Waals surface area contributed by atoms with Gasteiger partial charge in [0.05, 0.1) is 21.3 Å². The van der Waals surface area contributed by atoms with Crippen molar-refractivity contribution in [3.05, 3.63) is 59.4 Å². The molecule has 0 aliphatic rings. The maximum atomic E-state index is 12.6. The van der Waals surface area contributed by atoms with Crippen molar-refractivity contribution in [2.45, 2.75) is 6.92 Å². The summed E-state index contributed by atoms with van der Waals surface area (Å²) < 4.78 is 45.7. The minimum absolute atomic E-state index is 0.0246. The van der Waals surface area contributed by atoms with E-state index >= 15 is 0 Å². The lowest BCUT2D eigenvalue weighted by molar-refractivity contribution is 0.0594. The van der Waals surface area contributed by atoms with Crippen LogP contribution >= 0.6 is 11.3 Å². The van der Waals surface area contributed by atoms with Crippen LogP contribution in [-0.2, 0) is 16.0 Å². The van der Waals surface area contributed by atoms with E-state index in [4.69, 9.17) is 18.9 Å². The Morgan fingerprint density at radius 1 is 1.05 bits per heavy atom. The molecule has 0 fully saturated rings. The van der Waals surface area contributed by atoms with Crippen molar-refractivity contribution in [3.63, 3.8) is 0 Å². The van der Waals surface area contributed by atoms with Crippen molar-refractivity contribution < 1.29 is 32.5 Å². The molecule has 3 aromatic heterocycles. The third kappa shape index (κ3) is 5.50. The molecule has 192 valence electrons. The van der Waals surface area contributed by atoms with Gasteiger partial charge in [-0.2, -0.15) is 9.29 Å². The second-order valence-corrected chi connectivity index (χ2v) is 9.20.